The van der Waals surface area contributed by atoms with E-state index in [9.17, 15) is 4.39 Å². The first-order valence-corrected chi connectivity index (χ1v) is 4.24. The molecule has 1 aromatic rings. The Morgan fingerprint density at radius 3 is 2.46 bits per heavy atom. The van der Waals surface area contributed by atoms with Gasteiger partial charge in [0, 0.05) is 0 Å². The van der Waals surface area contributed by atoms with Crippen molar-refractivity contribution in [1.82, 2.24) is 16.2 Å². The topological polar surface area (TPSA) is 36.1 Å². The van der Waals surface area contributed by atoms with Crippen LogP contribution in [0.15, 0.2) is 24.3 Å². The lowest BCUT2D eigenvalue weighted by atomic mass is 10.2. The summed E-state index contributed by atoms with van der Waals surface area (Å²) < 4.78 is 12.6. The van der Waals surface area contributed by atoms with Crippen molar-refractivity contribution < 1.29 is 4.39 Å². The lowest BCUT2D eigenvalue weighted by Crippen LogP contribution is -2.26. The van der Waals surface area contributed by atoms with E-state index in [2.05, 4.69) is 16.2 Å². The van der Waals surface area contributed by atoms with E-state index in [1.54, 1.807) is 12.1 Å². The van der Waals surface area contributed by atoms with Crippen LogP contribution in [0.3, 0.4) is 0 Å². The van der Waals surface area contributed by atoms with Gasteiger partial charge in [0.25, 0.3) is 0 Å². The zero-order chi connectivity index (χ0) is 9.26. The van der Waals surface area contributed by atoms with Crippen LogP contribution < -0.4 is 16.2 Å². The van der Waals surface area contributed by atoms with E-state index in [-0.39, 0.29) is 12.0 Å². The SMILES string of the molecule is Fc1ccc(C2NNC(=S)N2)cc1. The summed E-state index contributed by atoms with van der Waals surface area (Å²) >= 11 is 4.86. The zero-order valence-electron chi connectivity index (χ0n) is 6.67. The van der Waals surface area contributed by atoms with Gasteiger partial charge >= 0.3 is 0 Å². The molecule has 0 bridgehead atoms. The molecule has 13 heavy (non-hydrogen) atoms. The molecule has 0 aliphatic carbocycles. The van der Waals surface area contributed by atoms with Crippen molar-refractivity contribution in [2.24, 2.45) is 0 Å². The summed E-state index contributed by atoms with van der Waals surface area (Å²) in [5, 5.41) is 3.53. The number of hydrazine groups is 1. The van der Waals surface area contributed by atoms with E-state index in [0.717, 1.165) is 5.56 Å². The second kappa shape index (κ2) is 3.27. The van der Waals surface area contributed by atoms with Gasteiger partial charge in [-0.15, -0.1) is 0 Å². The Morgan fingerprint density at radius 2 is 1.92 bits per heavy atom. The molecular formula is C8H8FN3S. The summed E-state index contributed by atoms with van der Waals surface area (Å²) in [7, 11) is 0. The largest absolute Gasteiger partial charge is 0.341 e. The molecule has 1 saturated heterocycles. The Labute approximate surface area is 80.3 Å². The van der Waals surface area contributed by atoms with E-state index < -0.39 is 0 Å². The molecule has 1 heterocycles. The molecule has 0 aromatic heterocycles. The summed E-state index contributed by atoms with van der Waals surface area (Å²) in [5.41, 5.74) is 6.62. The van der Waals surface area contributed by atoms with Gasteiger partial charge in [0.2, 0.25) is 0 Å². The molecule has 3 N–H and O–H groups in total. The maximum absolute atomic E-state index is 12.6. The number of nitrogens with one attached hydrogen (secondary N) is 3. The first-order valence-electron chi connectivity index (χ1n) is 3.83. The highest BCUT2D eigenvalue weighted by atomic mass is 32.1. The van der Waals surface area contributed by atoms with Gasteiger partial charge < -0.3 is 5.32 Å². The lowest BCUT2D eigenvalue weighted by molar-refractivity contribution is 0.552. The summed E-state index contributed by atoms with van der Waals surface area (Å²) in [5.74, 6) is -0.239. The lowest BCUT2D eigenvalue weighted by Gasteiger charge is -2.08. The summed E-state index contributed by atoms with van der Waals surface area (Å²) in [4.78, 5) is 0. The van der Waals surface area contributed by atoms with E-state index in [1.807, 2.05) is 0 Å². The van der Waals surface area contributed by atoms with Gasteiger partial charge in [-0.25, -0.2) is 9.82 Å². The van der Waals surface area contributed by atoms with Gasteiger partial charge in [0.05, 0.1) is 0 Å². The third-order valence-corrected chi connectivity index (χ3v) is 2.03. The number of rotatable bonds is 1. The molecule has 0 saturated carbocycles. The molecule has 0 spiro atoms. The molecule has 1 fully saturated rings. The van der Waals surface area contributed by atoms with Crippen molar-refractivity contribution in [3.63, 3.8) is 0 Å². The number of halogens is 1. The molecule has 1 atom stereocenters. The highest BCUT2D eigenvalue weighted by Gasteiger charge is 2.17. The fraction of sp³-hybridized carbons (Fsp3) is 0.125. The average molecular weight is 197 g/mol. The number of benzene rings is 1. The smallest absolute Gasteiger partial charge is 0.182 e. The van der Waals surface area contributed by atoms with Gasteiger partial charge in [0.15, 0.2) is 5.11 Å². The van der Waals surface area contributed by atoms with Crippen LogP contribution in [0.1, 0.15) is 11.7 Å². The normalized spacial score (nSPS) is 21.0. The Hall–Kier alpha value is -1.20. The minimum atomic E-state index is -0.239. The van der Waals surface area contributed by atoms with Gasteiger partial charge in [-0.1, -0.05) is 12.1 Å². The molecule has 1 aliphatic heterocycles. The minimum Gasteiger partial charge on any atom is -0.341 e. The molecule has 1 unspecified atom stereocenters. The molecule has 3 nitrogen and oxygen atoms in total. The van der Waals surface area contributed by atoms with Crippen LogP contribution >= 0.6 is 12.2 Å². The third kappa shape index (κ3) is 1.76. The van der Waals surface area contributed by atoms with Crippen molar-refractivity contribution in [3.8, 4) is 0 Å². The monoisotopic (exact) mass is 197 g/mol. The second-order valence-electron chi connectivity index (χ2n) is 2.73. The van der Waals surface area contributed by atoms with Crippen LogP contribution in [0.4, 0.5) is 4.39 Å². The third-order valence-electron chi connectivity index (χ3n) is 1.81. The number of hydrogen-bond acceptors (Lipinski definition) is 2. The summed E-state index contributed by atoms with van der Waals surface area (Å²) in [6.45, 7) is 0. The average Bonchev–Trinajstić information content (AvgIpc) is 2.53. The summed E-state index contributed by atoms with van der Waals surface area (Å²) in [6, 6.07) is 6.24. The molecule has 2 rings (SSSR count). The standard InChI is InChI=1S/C8H8FN3S/c9-6-3-1-5(2-4-6)7-10-8(13)12-11-7/h1-4,7,11H,(H2,10,12,13). The molecule has 68 valence electrons. The van der Waals surface area contributed by atoms with Gasteiger partial charge in [0.1, 0.15) is 12.0 Å². The van der Waals surface area contributed by atoms with Crippen LogP contribution in [0.5, 0.6) is 0 Å². The number of hydrogen-bond donors (Lipinski definition) is 3. The van der Waals surface area contributed by atoms with Gasteiger partial charge in [-0.05, 0) is 29.9 Å². The predicted molar refractivity (Wildman–Crippen MR) is 51.1 cm³/mol. The van der Waals surface area contributed by atoms with Crippen LogP contribution in [0.2, 0.25) is 0 Å². The van der Waals surface area contributed by atoms with E-state index in [1.165, 1.54) is 12.1 Å². The van der Waals surface area contributed by atoms with Crippen molar-refractivity contribution in [2.75, 3.05) is 0 Å². The molecule has 1 aromatic carbocycles. The molecule has 0 radical (unpaired) electrons. The Kier molecular flexibility index (Phi) is 2.12. The van der Waals surface area contributed by atoms with Crippen molar-refractivity contribution in [3.05, 3.63) is 35.6 Å². The van der Waals surface area contributed by atoms with E-state index in [4.69, 9.17) is 12.2 Å². The Bertz CT molecular complexity index is 325. The van der Waals surface area contributed by atoms with Crippen LogP contribution in [-0.4, -0.2) is 5.11 Å². The molecule has 1 aliphatic rings. The summed E-state index contributed by atoms with van der Waals surface area (Å²) in [6.07, 6.45) is -0.0758. The second-order valence-corrected chi connectivity index (χ2v) is 3.14. The zero-order valence-corrected chi connectivity index (χ0v) is 7.49. The first-order chi connectivity index (χ1) is 6.25. The van der Waals surface area contributed by atoms with Crippen LogP contribution in [0.25, 0.3) is 0 Å². The highest BCUT2D eigenvalue weighted by Crippen LogP contribution is 2.12. The maximum atomic E-state index is 12.6. The van der Waals surface area contributed by atoms with Crippen molar-refractivity contribution in [1.29, 1.82) is 0 Å². The maximum Gasteiger partial charge on any atom is 0.182 e. The quantitative estimate of drug-likeness (QED) is 0.582. The minimum absolute atomic E-state index is 0.0758. The van der Waals surface area contributed by atoms with Gasteiger partial charge in [-0.3, -0.25) is 5.43 Å². The van der Waals surface area contributed by atoms with Gasteiger partial charge in [-0.2, -0.15) is 0 Å². The van der Waals surface area contributed by atoms with E-state index >= 15 is 0 Å². The predicted octanol–water partition coefficient (Wildman–Crippen LogP) is 0.807. The fourth-order valence-corrected chi connectivity index (χ4v) is 1.34. The highest BCUT2D eigenvalue weighted by molar-refractivity contribution is 7.80. The van der Waals surface area contributed by atoms with Crippen molar-refractivity contribution >= 4 is 17.3 Å². The van der Waals surface area contributed by atoms with Crippen LogP contribution in [0, 0.1) is 5.82 Å². The Balaban J connectivity index is 2.17. The first kappa shape index (κ1) is 8.40. The number of thiocarbonyl (C=S) groups is 1. The van der Waals surface area contributed by atoms with Crippen LogP contribution in [-0.2, 0) is 0 Å². The molecule has 5 heteroatoms. The molecule has 0 amide bonds. The molecular weight excluding hydrogens is 189 g/mol. The Morgan fingerprint density at radius 1 is 1.23 bits per heavy atom. The van der Waals surface area contributed by atoms with E-state index in [0.29, 0.717) is 5.11 Å². The fourth-order valence-electron chi connectivity index (χ4n) is 1.16. The van der Waals surface area contributed by atoms with Crippen molar-refractivity contribution in [2.45, 2.75) is 6.17 Å².